The van der Waals surface area contributed by atoms with Gasteiger partial charge in [-0.3, -0.25) is 0 Å². The minimum absolute atomic E-state index is 0.114. The number of alkyl halides is 3. The van der Waals surface area contributed by atoms with Gasteiger partial charge in [0.05, 0.1) is 5.56 Å². The first-order valence-electron chi connectivity index (χ1n) is 7.38. The zero-order valence-electron chi connectivity index (χ0n) is 11.6. The van der Waals surface area contributed by atoms with Crippen molar-refractivity contribution in [1.29, 1.82) is 0 Å². The highest BCUT2D eigenvalue weighted by Crippen LogP contribution is 2.45. The average molecular weight is 283 g/mol. The summed E-state index contributed by atoms with van der Waals surface area (Å²) in [7, 11) is 0. The molecule has 20 heavy (non-hydrogen) atoms. The lowest BCUT2D eigenvalue weighted by Gasteiger charge is -2.23. The number of nitrogens with one attached hydrogen (secondary N) is 1. The average Bonchev–Trinajstić information content (AvgIpc) is 3.28. The van der Waals surface area contributed by atoms with Crippen LogP contribution in [0.4, 0.5) is 13.2 Å². The molecule has 1 atom stereocenters. The van der Waals surface area contributed by atoms with E-state index < -0.39 is 11.7 Å². The van der Waals surface area contributed by atoms with E-state index in [4.69, 9.17) is 0 Å². The van der Waals surface area contributed by atoms with E-state index >= 15 is 0 Å². The number of hydrogen-bond acceptors (Lipinski definition) is 1. The second kappa shape index (κ2) is 5.06. The Hall–Kier alpha value is -1.03. The Morgan fingerprint density at radius 1 is 1.00 bits per heavy atom. The SMILES string of the molecule is CC(NC(C1CC1)C1CC1)c1ccc(C(F)(F)F)cc1. The van der Waals surface area contributed by atoms with Gasteiger partial charge in [0.15, 0.2) is 0 Å². The van der Waals surface area contributed by atoms with E-state index in [0.29, 0.717) is 6.04 Å². The number of benzene rings is 1. The van der Waals surface area contributed by atoms with Gasteiger partial charge in [0.25, 0.3) is 0 Å². The molecule has 0 spiro atoms. The fraction of sp³-hybridized carbons (Fsp3) is 0.625. The molecule has 2 aliphatic carbocycles. The van der Waals surface area contributed by atoms with Gasteiger partial charge in [-0.25, -0.2) is 0 Å². The highest BCUT2D eigenvalue weighted by Gasteiger charge is 2.41. The van der Waals surface area contributed by atoms with E-state index in [1.165, 1.54) is 37.8 Å². The number of halogens is 3. The first-order chi connectivity index (χ1) is 9.45. The van der Waals surface area contributed by atoms with E-state index in [-0.39, 0.29) is 6.04 Å². The summed E-state index contributed by atoms with van der Waals surface area (Å²) in [5, 5.41) is 3.63. The molecule has 3 rings (SSSR count). The molecule has 2 aliphatic rings. The molecule has 0 heterocycles. The molecule has 0 aromatic heterocycles. The van der Waals surface area contributed by atoms with Gasteiger partial charge in [0.2, 0.25) is 0 Å². The van der Waals surface area contributed by atoms with E-state index in [9.17, 15) is 13.2 Å². The fourth-order valence-corrected chi connectivity index (χ4v) is 2.91. The minimum Gasteiger partial charge on any atom is -0.307 e. The molecule has 1 aromatic carbocycles. The van der Waals surface area contributed by atoms with Gasteiger partial charge in [-0.2, -0.15) is 13.2 Å². The Balaban J connectivity index is 1.65. The molecule has 110 valence electrons. The molecule has 0 bridgehead atoms. The molecule has 0 saturated heterocycles. The number of hydrogen-bond donors (Lipinski definition) is 1. The van der Waals surface area contributed by atoms with Gasteiger partial charge in [-0.1, -0.05) is 12.1 Å². The summed E-state index contributed by atoms with van der Waals surface area (Å²) in [4.78, 5) is 0. The normalized spacial score (nSPS) is 21.2. The summed E-state index contributed by atoms with van der Waals surface area (Å²) in [6.45, 7) is 2.04. The molecule has 0 radical (unpaired) electrons. The summed E-state index contributed by atoms with van der Waals surface area (Å²) >= 11 is 0. The molecular formula is C16H20F3N. The molecule has 1 unspecified atom stereocenters. The lowest BCUT2D eigenvalue weighted by atomic mass is 10.0. The standard InChI is InChI=1S/C16H20F3N/c1-10(20-15(12-2-3-12)13-4-5-13)11-6-8-14(9-7-11)16(17,18)19/h6-10,12-13,15,20H,2-5H2,1H3. The predicted molar refractivity (Wildman–Crippen MR) is 72.2 cm³/mol. The van der Waals surface area contributed by atoms with Crippen molar-refractivity contribution in [3.63, 3.8) is 0 Å². The van der Waals surface area contributed by atoms with Crippen molar-refractivity contribution in [2.45, 2.75) is 50.9 Å². The van der Waals surface area contributed by atoms with Crippen molar-refractivity contribution in [2.24, 2.45) is 11.8 Å². The van der Waals surface area contributed by atoms with E-state index in [1.54, 1.807) is 12.1 Å². The van der Waals surface area contributed by atoms with Gasteiger partial charge >= 0.3 is 6.18 Å². The summed E-state index contributed by atoms with van der Waals surface area (Å²) in [6, 6.07) is 6.22. The quantitative estimate of drug-likeness (QED) is 0.836. The Kier molecular flexibility index (Phi) is 3.53. The highest BCUT2D eigenvalue weighted by atomic mass is 19.4. The van der Waals surface area contributed by atoms with Crippen molar-refractivity contribution in [3.05, 3.63) is 35.4 Å². The van der Waals surface area contributed by atoms with Gasteiger partial charge < -0.3 is 5.32 Å². The minimum atomic E-state index is -4.25. The molecule has 1 N–H and O–H groups in total. The molecule has 1 nitrogen and oxygen atoms in total. The summed E-state index contributed by atoms with van der Waals surface area (Å²) in [6.07, 6.45) is 0.948. The second-order valence-corrected chi connectivity index (χ2v) is 6.21. The zero-order chi connectivity index (χ0) is 14.3. The monoisotopic (exact) mass is 283 g/mol. The highest BCUT2D eigenvalue weighted by molar-refractivity contribution is 5.26. The van der Waals surface area contributed by atoms with Crippen LogP contribution in [-0.4, -0.2) is 6.04 Å². The van der Waals surface area contributed by atoms with Crippen LogP contribution in [0.3, 0.4) is 0 Å². The number of rotatable bonds is 5. The molecular weight excluding hydrogens is 263 g/mol. The Bertz CT molecular complexity index is 446. The van der Waals surface area contributed by atoms with Crippen LogP contribution in [0.5, 0.6) is 0 Å². The predicted octanol–water partition coefficient (Wildman–Crippen LogP) is 4.54. The van der Waals surface area contributed by atoms with Crippen LogP contribution in [0.25, 0.3) is 0 Å². The third-order valence-electron chi connectivity index (χ3n) is 4.44. The smallest absolute Gasteiger partial charge is 0.307 e. The molecule has 2 saturated carbocycles. The summed E-state index contributed by atoms with van der Waals surface area (Å²) < 4.78 is 37.6. The largest absolute Gasteiger partial charge is 0.416 e. The molecule has 4 heteroatoms. The summed E-state index contributed by atoms with van der Waals surface area (Å²) in [5.74, 6) is 1.58. The van der Waals surface area contributed by atoms with Crippen LogP contribution in [0.15, 0.2) is 24.3 Å². The van der Waals surface area contributed by atoms with Crippen molar-refractivity contribution in [3.8, 4) is 0 Å². The maximum absolute atomic E-state index is 12.5. The second-order valence-electron chi connectivity index (χ2n) is 6.21. The van der Waals surface area contributed by atoms with Gasteiger partial charge in [0.1, 0.15) is 0 Å². The van der Waals surface area contributed by atoms with E-state index in [1.807, 2.05) is 6.92 Å². The van der Waals surface area contributed by atoms with Crippen LogP contribution in [0.1, 0.15) is 49.8 Å². The van der Waals surface area contributed by atoms with Crippen molar-refractivity contribution in [1.82, 2.24) is 5.32 Å². The van der Waals surface area contributed by atoms with Gasteiger partial charge in [-0.15, -0.1) is 0 Å². The lowest BCUT2D eigenvalue weighted by molar-refractivity contribution is -0.137. The Labute approximate surface area is 117 Å². The van der Waals surface area contributed by atoms with Crippen LogP contribution in [0, 0.1) is 11.8 Å². The third kappa shape index (κ3) is 3.17. The first-order valence-corrected chi connectivity index (χ1v) is 7.38. The maximum atomic E-state index is 12.5. The van der Waals surface area contributed by atoms with Crippen molar-refractivity contribution in [2.75, 3.05) is 0 Å². The van der Waals surface area contributed by atoms with Crippen LogP contribution in [0.2, 0.25) is 0 Å². The Morgan fingerprint density at radius 2 is 1.50 bits per heavy atom. The van der Waals surface area contributed by atoms with E-state index in [2.05, 4.69) is 5.32 Å². The third-order valence-corrected chi connectivity index (χ3v) is 4.44. The molecule has 0 aliphatic heterocycles. The van der Waals surface area contributed by atoms with Crippen LogP contribution >= 0.6 is 0 Å². The van der Waals surface area contributed by atoms with Crippen LogP contribution in [-0.2, 0) is 6.18 Å². The maximum Gasteiger partial charge on any atom is 0.416 e. The molecule has 2 fully saturated rings. The van der Waals surface area contributed by atoms with Gasteiger partial charge in [-0.05, 0) is 62.1 Å². The topological polar surface area (TPSA) is 12.0 Å². The van der Waals surface area contributed by atoms with Gasteiger partial charge in [0, 0.05) is 12.1 Å². The van der Waals surface area contributed by atoms with Crippen molar-refractivity contribution >= 4 is 0 Å². The Morgan fingerprint density at radius 3 is 1.90 bits per heavy atom. The molecule has 1 aromatic rings. The summed E-state index contributed by atoms with van der Waals surface area (Å²) in [5.41, 5.74) is 0.360. The zero-order valence-corrected chi connectivity index (χ0v) is 11.6. The van der Waals surface area contributed by atoms with Crippen molar-refractivity contribution < 1.29 is 13.2 Å². The fourth-order valence-electron chi connectivity index (χ4n) is 2.91. The molecule has 0 amide bonds. The lowest BCUT2D eigenvalue weighted by Crippen LogP contribution is -2.35. The van der Waals surface area contributed by atoms with E-state index in [0.717, 1.165) is 17.4 Å². The first kappa shape index (κ1) is 13.9. The van der Waals surface area contributed by atoms with Crippen LogP contribution < -0.4 is 5.32 Å².